The monoisotopic (exact) mass is 549 g/mol. The fourth-order valence-electron chi connectivity index (χ4n) is 4.23. The van der Waals surface area contributed by atoms with Gasteiger partial charge in [-0.2, -0.15) is 0 Å². The van der Waals surface area contributed by atoms with Crippen LogP contribution < -0.4 is 10.3 Å². The molecule has 4 aromatic rings. The quantitative estimate of drug-likeness (QED) is 0.297. The molecule has 0 aliphatic rings. The zero-order chi connectivity index (χ0) is 25.8. The first kappa shape index (κ1) is 25.6. The summed E-state index contributed by atoms with van der Waals surface area (Å²) in [6.45, 7) is 4.47. The number of carbonyl (C=O) groups excluding carboxylic acids is 1. The van der Waals surface area contributed by atoms with E-state index in [2.05, 4.69) is 15.9 Å². The van der Waals surface area contributed by atoms with E-state index < -0.39 is 6.04 Å². The third-order valence-electron chi connectivity index (χ3n) is 6.09. The molecule has 7 nitrogen and oxygen atoms in total. The summed E-state index contributed by atoms with van der Waals surface area (Å²) in [5, 5.41) is 0.485. The van der Waals surface area contributed by atoms with Crippen LogP contribution in [-0.2, 0) is 4.74 Å². The number of methoxy groups -OCH3 is 2. The number of para-hydroxylation sites is 1. The van der Waals surface area contributed by atoms with Gasteiger partial charge in [-0.3, -0.25) is 14.2 Å². The Bertz CT molecular complexity index is 1470. The summed E-state index contributed by atoms with van der Waals surface area (Å²) in [4.78, 5) is 34.2. The van der Waals surface area contributed by atoms with E-state index in [1.165, 1.54) is 0 Å². The molecule has 0 radical (unpaired) electrons. The van der Waals surface area contributed by atoms with Crippen LogP contribution in [0.25, 0.3) is 16.6 Å². The SMILES string of the molecule is COCCN(C(=O)c1cccc(Br)c1)C(C)c1nc2ccccc2c(=O)n1-c1cc(C)ccc1OC. The first-order valence-electron chi connectivity index (χ1n) is 11.6. The van der Waals surface area contributed by atoms with Gasteiger partial charge in [0.05, 0.1) is 36.3 Å². The predicted molar refractivity (Wildman–Crippen MR) is 144 cm³/mol. The van der Waals surface area contributed by atoms with E-state index in [-0.39, 0.29) is 11.5 Å². The summed E-state index contributed by atoms with van der Waals surface area (Å²) in [6.07, 6.45) is 0. The van der Waals surface area contributed by atoms with Crippen LogP contribution in [0.4, 0.5) is 0 Å². The van der Waals surface area contributed by atoms with Crippen LogP contribution in [0.1, 0.15) is 34.7 Å². The second kappa shape index (κ2) is 11.1. The minimum absolute atomic E-state index is 0.189. The lowest BCUT2D eigenvalue weighted by molar-refractivity contribution is 0.0605. The smallest absolute Gasteiger partial charge is 0.266 e. The maximum Gasteiger partial charge on any atom is 0.266 e. The van der Waals surface area contributed by atoms with Crippen molar-refractivity contribution in [3.8, 4) is 11.4 Å². The van der Waals surface area contributed by atoms with Crippen LogP contribution in [0.3, 0.4) is 0 Å². The molecule has 0 spiro atoms. The molecule has 0 aliphatic heterocycles. The molecule has 4 rings (SSSR count). The average molecular weight is 550 g/mol. The van der Waals surface area contributed by atoms with Gasteiger partial charge < -0.3 is 14.4 Å². The highest BCUT2D eigenvalue weighted by atomic mass is 79.9. The molecule has 0 saturated carbocycles. The van der Waals surface area contributed by atoms with Crippen molar-refractivity contribution in [2.75, 3.05) is 27.4 Å². The molecule has 0 N–H and O–H groups in total. The highest BCUT2D eigenvalue weighted by Gasteiger charge is 2.28. The van der Waals surface area contributed by atoms with Crippen LogP contribution in [0.2, 0.25) is 0 Å². The molecule has 36 heavy (non-hydrogen) atoms. The Morgan fingerprint density at radius 3 is 2.58 bits per heavy atom. The number of carbonyl (C=O) groups is 1. The van der Waals surface area contributed by atoms with Gasteiger partial charge in [0.25, 0.3) is 11.5 Å². The van der Waals surface area contributed by atoms with Gasteiger partial charge in [-0.05, 0) is 61.9 Å². The molecular formula is C28H28BrN3O4. The number of aromatic nitrogens is 2. The Labute approximate surface area is 218 Å². The molecule has 0 aliphatic carbocycles. The van der Waals surface area contributed by atoms with Gasteiger partial charge in [0.15, 0.2) is 0 Å². The first-order valence-corrected chi connectivity index (χ1v) is 12.4. The Morgan fingerprint density at radius 2 is 1.86 bits per heavy atom. The molecule has 186 valence electrons. The van der Waals surface area contributed by atoms with E-state index in [4.69, 9.17) is 14.5 Å². The molecule has 0 saturated heterocycles. The average Bonchev–Trinajstić information content (AvgIpc) is 2.88. The number of rotatable bonds is 8. The van der Waals surface area contributed by atoms with Crippen molar-refractivity contribution in [1.82, 2.24) is 14.5 Å². The fraction of sp³-hybridized carbons (Fsp3) is 0.250. The molecular weight excluding hydrogens is 522 g/mol. The predicted octanol–water partition coefficient (Wildman–Crippen LogP) is 5.32. The number of ether oxygens (including phenoxy) is 2. The first-order chi connectivity index (χ1) is 17.3. The van der Waals surface area contributed by atoms with Crippen molar-refractivity contribution in [2.24, 2.45) is 0 Å². The molecule has 1 atom stereocenters. The van der Waals surface area contributed by atoms with E-state index in [9.17, 15) is 9.59 Å². The van der Waals surface area contributed by atoms with Crippen LogP contribution in [-0.4, -0.2) is 47.7 Å². The zero-order valence-electron chi connectivity index (χ0n) is 20.7. The molecule has 1 heterocycles. The van der Waals surface area contributed by atoms with Crippen molar-refractivity contribution in [1.29, 1.82) is 0 Å². The molecule has 1 aromatic heterocycles. The summed E-state index contributed by atoms with van der Waals surface area (Å²) in [5.41, 5.74) is 2.40. The number of nitrogens with zero attached hydrogens (tertiary/aromatic N) is 3. The van der Waals surface area contributed by atoms with E-state index >= 15 is 0 Å². The summed E-state index contributed by atoms with van der Waals surface area (Å²) in [6, 6.07) is 19.5. The van der Waals surface area contributed by atoms with Crippen molar-refractivity contribution in [2.45, 2.75) is 19.9 Å². The number of hydrogen-bond donors (Lipinski definition) is 0. The lowest BCUT2D eigenvalue weighted by Crippen LogP contribution is -2.39. The maximum atomic E-state index is 13.9. The standard InChI is InChI=1S/C28H28BrN3O4/c1-18-12-13-25(36-4)24(16-18)32-26(30-23-11-6-5-10-22(23)28(32)34)19(2)31(14-15-35-3)27(33)20-8-7-9-21(29)17-20/h5-13,16-17,19H,14-15H2,1-4H3. The van der Waals surface area contributed by atoms with Crippen molar-refractivity contribution >= 4 is 32.7 Å². The lowest BCUT2D eigenvalue weighted by atomic mass is 10.1. The zero-order valence-corrected chi connectivity index (χ0v) is 22.3. The number of amides is 1. The van der Waals surface area contributed by atoms with E-state index in [1.807, 2.05) is 56.3 Å². The van der Waals surface area contributed by atoms with Crippen molar-refractivity contribution in [3.05, 3.63) is 98.5 Å². The number of hydrogen-bond acceptors (Lipinski definition) is 5. The summed E-state index contributed by atoms with van der Waals surface area (Å²) in [7, 11) is 3.16. The Hall–Kier alpha value is -3.49. The highest BCUT2D eigenvalue weighted by molar-refractivity contribution is 9.10. The van der Waals surface area contributed by atoms with Gasteiger partial charge in [0.2, 0.25) is 0 Å². The van der Waals surface area contributed by atoms with E-state index in [0.717, 1.165) is 10.0 Å². The van der Waals surface area contributed by atoms with Gasteiger partial charge >= 0.3 is 0 Å². The third-order valence-corrected chi connectivity index (χ3v) is 6.58. The molecule has 1 amide bonds. The topological polar surface area (TPSA) is 73.7 Å². The van der Waals surface area contributed by atoms with Crippen LogP contribution >= 0.6 is 15.9 Å². The van der Waals surface area contributed by atoms with Crippen LogP contribution in [0.15, 0.2) is 76.0 Å². The second-order valence-corrected chi connectivity index (χ2v) is 9.40. The third kappa shape index (κ3) is 5.05. The minimum Gasteiger partial charge on any atom is -0.495 e. The van der Waals surface area contributed by atoms with E-state index in [0.29, 0.717) is 46.9 Å². The molecule has 3 aromatic carbocycles. The largest absolute Gasteiger partial charge is 0.495 e. The number of aryl methyl sites for hydroxylation is 1. The van der Waals surface area contributed by atoms with Gasteiger partial charge in [-0.25, -0.2) is 4.98 Å². The van der Waals surface area contributed by atoms with Gasteiger partial charge in [-0.15, -0.1) is 0 Å². The Balaban J connectivity index is 1.96. The highest BCUT2D eigenvalue weighted by Crippen LogP contribution is 2.29. The molecule has 1 unspecified atom stereocenters. The van der Waals surface area contributed by atoms with Gasteiger partial charge in [0, 0.05) is 23.7 Å². The summed E-state index contributed by atoms with van der Waals surface area (Å²) in [5.74, 6) is 0.781. The molecule has 0 bridgehead atoms. The Morgan fingerprint density at radius 1 is 1.08 bits per heavy atom. The second-order valence-electron chi connectivity index (χ2n) is 8.48. The van der Waals surface area contributed by atoms with Crippen molar-refractivity contribution < 1.29 is 14.3 Å². The molecule has 0 fully saturated rings. The number of benzene rings is 3. The van der Waals surface area contributed by atoms with Gasteiger partial charge in [-0.1, -0.05) is 40.2 Å². The summed E-state index contributed by atoms with van der Waals surface area (Å²) >= 11 is 3.45. The number of fused-ring (bicyclic) bond motifs is 1. The van der Waals surface area contributed by atoms with Gasteiger partial charge in [0.1, 0.15) is 11.6 Å². The lowest BCUT2D eigenvalue weighted by Gasteiger charge is -2.31. The maximum absolute atomic E-state index is 13.9. The molecule has 8 heteroatoms. The Kier molecular flexibility index (Phi) is 7.86. The summed E-state index contributed by atoms with van der Waals surface area (Å²) < 4.78 is 13.3. The fourth-order valence-corrected chi connectivity index (χ4v) is 4.62. The van der Waals surface area contributed by atoms with Crippen LogP contribution in [0.5, 0.6) is 5.75 Å². The minimum atomic E-state index is -0.561. The van der Waals surface area contributed by atoms with Crippen molar-refractivity contribution in [3.63, 3.8) is 0 Å². The number of halogens is 1. The van der Waals surface area contributed by atoms with E-state index in [1.54, 1.807) is 48.0 Å². The van der Waals surface area contributed by atoms with Crippen LogP contribution in [0, 0.1) is 6.92 Å². The normalized spacial score (nSPS) is 11.9.